The molecule has 0 saturated carbocycles. The Morgan fingerprint density at radius 2 is 1.80 bits per heavy atom. The molecular weight excluding hydrogens is 403 g/mol. The van der Waals surface area contributed by atoms with Crippen LogP contribution in [0, 0.1) is 5.82 Å². The summed E-state index contributed by atoms with van der Waals surface area (Å²) < 4.78 is 40.6. The highest BCUT2D eigenvalue weighted by Gasteiger charge is 2.17. The van der Waals surface area contributed by atoms with Crippen molar-refractivity contribution in [2.45, 2.75) is 13.0 Å². The van der Waals surface area contributed by atoms with E-state index in [0.29, 0.717) is 4.47 Å². The van der Waals surface area contributed by atoms with E-state index in [1.165, 1.54) is 24.3 Å². The van der Waals surface area contributed by atoms with Gasteiger partial charge in [-0.3, -0.25) is 4.79 Å². The molecule has 0 saturated heterocycles. The molecule has 0 radical (unpaired) electrons. The second-order valence-corrected chi connectivity index (χ2v) is 5.68. The highest BCUT2D eigenvalue weighted by molar-refractivity contribution is 9.10. The van der Waals surface area contributed by atoms with Gasteiger partial charge < -0.3 is 4.57 Å². The number of halogens is 5. The van der Waals surface area contributed by atoms with E-state index < -0.39 is 24.3 Å². The average Bonchev–Trinajstić information content (AvgIpc) is 2.37. The fourth-order valence-corrected chi connectivity index (χ4v) is 2.72. The van der Waals surface area contributed by atoms with Crippen LogP contribution in [0.15, 0.2) is 44.1 Å². The zero-order valence-electron chi connectivity index (χ0n) is 9.92. The number of nitrogens with zero attached hydrogens (tertiary/aromatic N) is 1. The molecule has 0 amide bonds. The van der Waals surface area contributed by atoms with Crippen molar-refractivity contribution in [3.8, 4) is 11.3 Å². The lowest BCUT2D eigenvalue weighted by Crippen LogP contribution is -2.25. The number of pyridine rings is 1. The molecular formula is C13H8Br2F3NO. The van der Waals surface area contributed by atoms with Gasteiger partial charge in [-0.25, -0.2) is 13.2 Å². The Kier molecular flexibility index (Phi) is 4.70. The maximum atomic E-state index is 13.9. The van der Waals surface area contributed by atoms with Crippen LogP contribution >= 0.6 is 31.9 Å². The van der Waals surface area contributed by atoms with Crippen molar-refractivity contribution in [3.63, 3.8) is 0 Å². The minimum absolute atomic E-state index is 0.0813. The second-order valence-electron chi connectivity index (χ2n) is 3.97. The summed E-state index contributed by atoms with van der Waals surface area (Å²) in [4.78, 5) is 12.0. The minimum Gasteiger partial charge on any atom is -0.301 e. The number of aromatic nitrogens is 1. The van der Waals surface area contributed by atoms with Crippen molar-refractivity contribution in [2.24, 2.45) is 0 Å². The molecule has 0 unspecified atom stereocenters. The molecule has 1 aromatic heterocycles. The van der Waals surface area contributed by atoms with Gasteiger partial charge in [0.2, 0.25) is 0 Å². The average molecular weight is 411 g/mol. The topological polar surface area (TPSA) is 22.0 Å². The van der Waals surface area contributed by atoms with Gasteiger partial charge in [-0.15, -0.1) is 0 Å². The van der Waals surface area contributed by atoms with Gasteiger partial charge in [0.15, 0.2) is 0 Å². The molecule has 0 N–H and O–H groups in total. The fourth-order valence-electron chi connectivity index (χ4n) is 1.83. The van der Waals surface area contributed by atoms with E-state index in [2.05, 4.69) is 31.9 Å². The van der Waals surface area contributed by atoms with E-state index in [9.17, 15) is 18.0 Å². The summed E-state index contributed by atoms with van der Waals surface area (Å²) in [6.07, 6.45) is -2.72. The highest BCUT2D eigenvalue weighted by Crippen LogP contribution is 2.30. The lowest BCUT2D eigenvalue weighted by molar-refractivity contribution is 0.125. The third-order valence-corrected chi connectivity index (χ3v) is 3.93. The van der Waals surface area contributed by atoms with Crippen LogP contribution in [0.3, 0.4) is 0 Å². The molecule has 0 aliphatic carbocycles. The van der Waals surface area contributed by atoms with Crippen LogP contribution in [-0.2, 0) is 6.54 Å². The SMILES string of the molecule is O=c1c(Br)ccc(-c2c(F)cccc2Br)n1CC(F)F. The first-order chi connectivity index (χ1) is 9.41. The van der Waals surface area contributed by atoms with Crippen LogP contribution in [0.5, 0.6) is 0 Å². The van der Waals surface area contributed by atoms with E-state index in [-0.39, 0.29) is 15.7 Å². The number of alkyl halides is 2. The first-order valence-electron chi connectivity index (χ1n) is 5.53. The van der Waals surface area contributed by atoms with Gasteiger partial charge in [0, 0.05) is 10.0 Å². The Bertz CT molecular complexity index is 680. The fraction of sp³-hybridized carbons (Fsp3) is 0.154. The van der Waals surface area contributed by atoms with E-state index >= 15 is 0 Å². The molecule has 1 heterocycles. The van der Waals surface area contributed by atoms with Gasteiger partial charge in [-0.1, -0.05) is 6.07 Å². The van der Waals surface area contributed by atoms with Crippen LogP contribution in [-0.4, -0.2) is 11.0 Å². The quantitative estimate of drug-likeness (QED) is 0.732. The molecule has 2 rings (SSSR count). The van der Waals surface area contributed by atoms with Gasteiger partial charge in [0.25, 0.3) is 12.0 Å². The summed E-state index contributed by atoms with van der Waals surface area (Å²) in [5, 5.41) is 0. The number of benzene rings is 1. The summed E-state index contributed by atoms with van der Waals surface area (Å²) in [6, 6.07) is 7.11. The van der Waals surface area contributed by atoms with Gasteiger partial charge in [-0.05, 0) is 56.1 Å². The van der Waals surface area contributed by atoms with Crippen LogP contribution in [0.25, 0.3) is 11.3 Å². The first-order valence-corrected chi connectivity index (χ1v) is 7.12. The van der Waals surface area contributed by atoms with Crippen molar-refractivity contribution in [2.75, 3.05) is 0 Å². The van der Waals surface area contributed by atoms with E-state index in [1.54, 1.807) is 6.07 Å². The van der Waals surface area contributed by atoms with Gasteiger partial charge in [-0.2, -0.15) is 0 Å². The Balaban J connectivity index is 2.74. The van der Waals surface area contributed by atoms with Crippen LogP contribution in [0.1, 0.15) is 0 Å². The number of hydrogen-bond acceptors (Lipinski definition) is 1. The van der Waals surface area contributed by atoms with Crippen molar-refractivity contribution in [3.05, 3.63) is 55.4 Å². The summed E-state index contributed by atoms with van der Waals surface area (Å²) in [5.41, 5.74) is -0.445. The Hall–Kier alpha value is -1.08. The normalized spacial score (nSPS) is 11.1. The Morgan fingerprint density at radius 1 is 1.10 bits per heavy atom. The summed E-state index contributed by atoms with van der Waals surface area (Å²) in [5.74, 6) is -0.593. The number of rotatable bonds is 3. The maximum absolute atomic E-state index is 13.9. The molecule has 0 atom stereocenters. The van der Waals surface area contributed by atoms with Gasteiger partial charge in [0.1, 0.15) is 5.82 Å². The molecule has 0 aliphatic heterocycles. The monoisotopic (exact) mass is 409 g/mol. The third kappa shape index (κ3) is 2.98. The van der Waals surface area contributed by atoms with Crippen molar-refractivity contribution >= 4 is 31.9 Å². The first kappa shape index (κ1) is 15.3. The second kappa shape index (κ2) is 6.13. The Morgan fingerprint density at radius 3 is 2.40 bits per heavy atom. The summed E-state index contributed by atoms with van der Waals surface area (Å²) in [6.45, 7) is -0.797. The van der Waals surface area contributed by atoms with Crippen LogP contribution in [0.2, 0.25) is 0 Å². The molecule has 0 aliphatic rings. The zero-order valence-corrected chi connectivity index (χ0v) is 13.1. The van der Waals surface area contributed by atoms with Crippen molar-refractivity contribution < 1.29 is 13.2 Å². The summed E-state index contributed by atoms with van der Waals surface area (Å²) in [7, 11) is 0. The molecule has 0 spiro atoms. The van der Waals surface area contributed by atoms with Gasteiger partial charge >= 0.3 is 0 Å². The largest absolute Gasteiger partial charge is 0.301 e. The predicted molar refractivity (Wildman–Crippen MR) is 77.5 cm³/mol. The predicted octanol–water partition coefficient (Wildman–Crippen LogP) is 4.44. The van der Waals surface area contributed by atoms with Gasteiger partial charge in [0.05, 0.1) is 16.7 Å². The Labute approximate surface area is 129 Å². The molecule has 2 aromatic rings. The molecule has 0 bridgehead atoms. The molecule has 1 aromatic carbocycles. The molecule has 2 nitrogen and oxygen atoms in total. The highest BCUT2D eigenvalue weighted by atomic mass is 79.9. The van der Waals surface area contributed by atoms with E-state index in [1.807, 2.05) is 0 Å². The standard InChI is InChI=1S/C13H8Br2F3NO/c14-7-2-1-3-9(16)12(7)10-5-4-8(15)13(20)19(10)6-11(17)18/h1-5,11H,6H2. The van der Waals surface area contributed by atoms with Crippen molar-refractivity contribution in [1.29, 1.82) is 0 Å². The third-order valence-electron chi connectivity index (χ3n) is 2.67. The van der Waals surface area contributed by atoms with Crippen molar-refractivity contribution in [1.82, 2.24) is 4.57 Å². The molecule has 106 valence electrons. The smallest absolute Gasteiger partial charge is 0.265 e. The van der Waals surface area contributed by atoms with Crippen LogP contribution in [0.4, 0.5) is 13.2 Å². The molecule has 20 heavy (non-hydrogen) atoms. The summed E-state index contributed by atoms with van der Waals surface area (Å²) >= 11 is 6.17. The van der Waals surface area contributed by atoms with Crippen LogP contribution < -0.4 is 5.56 Å². The molecule has 0 fully saturated rings. The lowest BCUT2D eigenvalue weighted by atomic mass is 10.1. The zero-order chi connectivity index (χ0) is 14.9. The molecule has 7 heteroatoms. The van der Waals surface area contributed by atoms with E-state index in [0.717, 1.165) is 4.57 Å². The minimum atomic E-state index is -2.72. The van der Waals surface area contributed by atoms with E-state index in [4.69, 9.17) is 0 Å². The number of hydrogen-bond donors (Lipinski definition) is 0. The maximum Gasteiger partial charge on any atom is 0.265 e. The lowest BCUT2D eigenvalue weighted by Gasteiger charge is -2.15.